The molecule has 0 aromatic carbocycles. The molecule has 0 radical (unpaired) electrons. The Morgan fingerprint density at radius 1 is 1.31 bits per heavy atom. The summed E-state index contributed by atoms with van der Waals surface area (Å²) in [5, 5.41) is 3.42. The molecule has 2 rings (SSSR count). The highest BCUT2D eigenvalue weighted by Crippen LogP contribution is 2.31. The zero-order valence-electron chi connectivity index (χ0n) is 8.92. The SMILES string of the molecule is CNC1CCN(CC2CC2)CC1C. The van der Waals surface area contributed by atoms with Crippen LogP contribution in [0.1, 0.15) is 26.2 Å². The summed E-state index contributed by atoms with van der Waals surface area (Å²) in [4.78, 5) is 2.66. The van der Waals surface area contributed by atoms with Gasteiger partial charge in [-0.3, -0.25) is 0 Å². The number of piperidine rings is 1. The minimum atomic E-state index is 0.760. The first-order valence-corrected chi connectivity index (χ1v) is 5.69. The molecule has 2 unspecified atom stereocenters. The van der Waals surface area contributed by atoms with Crippen LogP contribution in [0.4, 0.5) is 0 Å². The Hall–Kier alpha value is -0.0800. The molecular weight excluding hydrogens is 160 g/mol. The van der Waals surface area contributed by atoms with Crippen molar-refractivity contribution in [1.29, 1.82) is 0 Å². The summed E-state index contributed by atoms with van der Waals surface area (Å²) in [6, 6.07) is 0.760. The average Bonchev–Trinajstić information content (AvgIpc) is 2.89. The number of hydrogen-bond acceptors (Lipinski definition) is 2. The van der Waals surface area contributed by atoms with Gasteiger partial charge < -0.3 is 10.2 Å². The Morgan fingerprint density at radius 3 is 2.62 bits per heavy atom. The van der Waals surface area contributed by atoms with Crippen LogP contribution in [0.2, 0.25) is 0 Å². The Labute approximate surface area is 81.7 Å². The zero-order chi connectivity index (χ0) is 9.26. The molecule has 1 aliphatic carbocycles. The number of nitrogens with zero attached hydrogens (tertiary/aromatic N) is 1. The highest BCUT2D eigenvalue weighted by atomic mass is 15.1. The van der Waals surface area contributed by atoms with E-state index in [0.29, 0.717) is 0 Å². The van der Waals surface area contributed by atoms with E-state index in [0.717, 1.165) is 17.9 Å². The second-order valence-electron chi connectivity index (χ2n) is 4.86. The summed E-state index contributed by atoms with van der Waals surface area (Å²) in [5.74, 6) is 1.89. The van der Waals surface area contributed by atoms with Crippen molar-refractivity contribution in [3.8, 4) is 0 Å². The molecule has 76 valence electrons. The van der Waals surface area contributed by atoms with E-state index in [1.807, 2.05) is 0 Å². The topological polar surface area (TPSA) is 15.3 Å². The highest BCUT2D eigenvalue weighted by Gasteiger charge is 2.29. The normalized spacial score (nSPS) is 36.5. The standard InChI is InChI=1S/C11H22N2/c1-9-7-13(8-10-3-4-10)6-5-11(9)12-2/h9-12H,3-8H2,1-2H3. The van der Waals surface area contributed by atoms with Gasteiger partial charge in [-0.25, -0.2) is 0 Å². The fraction of sp³-hybridized carbons (Fsp3) is 1.00. The van der Waals surface area contributed by atoms with E-state index in [1.165, 1.54) is 38.9 Å². The Kier molecular flexibility index (Phi) is 2.89. The third kappa shape index (κ3) is 2.44. The minimum absolute atomic E-state index is 0.760. The molecule has 0 aromatic heterocycles. The van der Waals surface area contributed by atoms with Gasteiger partial charge in [-0.2, -0.15) is 0 Å². The molecule has 0 aromatic rings. The smallest absolute Gasteiger partial charge is 0.0114 e. The molecule has 13 heavy (non-hydrogen) atoms. The van der Waals surface area contributed by atoms with Gasteiger partial charge in [0.1, 0.15) is 0 Å². The second kappa shape index (κ2) is 3.97. The fourth-order valence-corrected chi connectivity index (χ4v) is 2.49. The molecule has 1 heterocycles. The van der Waals surface area contributed by atoms with Gasteiger partial charge in [-0.05, 0) is 44.7 Å². The molecule has 1 saturated heterocycles. The average molecular weight is 182 g/mol. The third-order valence-corrected chi connectivity index (χ3v) is 3.57. The number of hydrogen-bond donors (Lipinski definition) is 1. The predicted octanol–water partition coefficient (Wildman–Crippen LogP) is 1.33. The molecule has 2 heteroatoms. The molecular formula is C11H22N2. The Morgan fingerprint density at radius 2 is 2.08 bits per heavy atom. The molecule has 2 aliphatic rings. The van der Waals surface area contributed by atoms with E-state index in [9.17, 15) is 0 Å². The molecule has 1 N–H and O–H groups in total. The van der Waals surface area contributed by atoms with Crippen LogP contribution in [0.5, 0.6) is 0 Å². The van der Waals surface area contributed by atoms with E-state index in [4.69, 9.17) is 0 Å². The molecule has 0 bridgehead atoms. The summed E-state index contributed by atoms with van der Waals surface area (Å²) in [6.45, 7) is 6.37. The summed E-state index contributed by atoms with van der Waals surface area (Å²) >= 11 is 0. The van der Waals surface area contributed by atoms with E-state index in [1.54, 1.807) is 0 Å². The van der Waals surface area contributed by atoms with Crippen molar-refractivity contribution in [2.45, 2.75) is 32.2 Å². The van der Waals surface area contributed by atoms with Crippen molar-refractivity contribution in [3.63, 3.8) is 0 Å². The first-order valence-electron chi connectivity index (χ1n) is 5.69. The van der Waals surface area contributed by atoms with Gasteiger partial charge in [0.15, 0.2) is 0 Å². The van der Waals surface area contributed by atoms with E-state index < -0.39 is 0 Å². The lowest BCUT2D eigenvalue weighted by Gasteiger charge is -2.36. The molecule has 2 nitrogen and oxygen atoms in total. The second-order valence-corrected chi connectivity index (χ2v) is 4.86. The first-order chi connectivity index (χ1) is 6.29. The summed E-state index contributed by atoms with van der Waals surface area (Å²) in [5.41, 5.74) is 0. The molecule has 2 atom stereocenters. The molecule has 1 aliphatic heterocycles. The lowest BCUT2D eigenvalue weighted by atomic mass is 9.94. The van der Waals surface area contributed by atoms with Gasteiger partial charge in [0.05, 0.1) is 0 Å². The number of likely N-dealkylation sites (tertiary alicyclic amines) is 1. The van der Waals surface area contributed by atoms with Crippen LogP contribution >= 0.6 is 0 Å². The predicted molar refractivity (Wildman–Crippen MR) is 55.8 cm³/mol. The van der Waals surface area contributed by atoms with Crippen molar-refractivity contribution in [2.24, 2.45) is 11.8 Å². The van der Waals surface area contributed by atoms with Gasteiger partial charge in [0.2, 0.25) is 0 Å². The van der Waals surface area contributed by atoms with Crippen molar-refractivity contribution in [3.05, 3.63) is 0 Å². The lowest BCUT2D eigenvalue weighted by molar-refractivity contribution is 0.146. The minimum Gasteiger partial charge on any atom is -0.317 e. The Balaban J connectivity index is 1.76. The first kappa shape index (κ1) is 9.47. The number of nitrogens with one attached hydrogen (secondary N) is 1. The summed E-state index contributed by atoms with van der Waals surface area (Å²) < 4.78 is 0. The molecule has 2 fully saturated rings. The maximum atomic E-state index is 3.42. The molecule has 1 saturated carbocycles. The lowest BCUT2D eigenvalue weighted by Crippen LogP contribution is -2.47. The molecule has 0 amide bonds. The highest BCUT2D eigenvalue weighted by molar-refractivity contribution is 4.85. The van der Waals surface area contributed by atoms with E-state index >= 15 is 0 Å². The van der Waals surface area contributed by atoms with E-state index in [-0.39, 0.29) is 0 Å². The maximum Gasteiger partial charge on any atom is 0.0114 e. The van der Waals surface area contributed by atoms with Gasteiger partial charge in [-0.15, -0.1) is 0 Å². The van der Waals surface area contributed by atoms with Crippen molar-refractivity contribution in [1.82, 2.24) is 10.2 Å². The van der Waals surface area contributed by atoms with Crippen molar-refractivity contribution in [2.75, 3.05) is 26.7 Å². The van der Waals surface area contributed by atoms with E-state index in [2.05, 4.69) is 24.2 Å². The van der Waals surface area contributed by atoms with Gasteiger partial charge in [0, 0.05) is 19.1 Å². The van der Waals surface area contributed by atoms with Crippen LogP contribution in [-0.2, 0) is 0 Å². The Bertz CT molecular complexity index is 165. The monoisotopic (exact) mass is 182 g/mol. The van der Waals surface area contributed by atoms with Crippen molar-refractivity contribution < 1.29 is 0 Å². The maximum absolute atomic E-state index is 3.42. The van der Waals surface area contributed by atoms with Crippen molar-refractivity contribution >= 4 is 0 Å². The van der Waals surface area contributed by atoms with Gasteiger partial charge in [-0.1, -0.05) is 6.92 Å². The van der Waals surface area contributed by atoms with Crippen LogP contribution in [0, 0.1) is 11.8 Å². The van der Waals surface area contributed by atoms with Crippen LogP contribution in [-0.4, -0.2) is 37.6 Å². The quantitative estimate of drug-likeness (QED) is 0.708. The molecule has 0 spiro atoms. The van der Waals surface area contributed by atoms with Crippen LogP contribution in [0.3, 0.4) is 0 Å². The largest absolute Gasteiger partial charge is 0.317 e. The van der Waals surface area contributed by atoms with Gasteiger partial charge >= 0.3 is 0 Å². The summed E-state index contributed by atoms with van der Waals surface area (Å²) in [7, 11) is 2.09. The van der Waals surface area contributed by atoms with Crippen LogP contribution in [0.25, 0.3) is 0 Å². The zero-order valence-corrected chi connectivity index (χ0v) is 8.92. The number of rotatable bonds is 3. The van der Waals surface area contributed by atoms with Crippen LogP contribution < -0.4 is 5.32 Å². The summed E-state index contributed by atoms with van der Waals surface area (Å²) in [6.07, 6.45) is 4.31. The third-order valence-electron chi connectivity index (χ3n) is 3.57. The fourth-order valence-electron chi connectivity index (χ4n) is 2.49. The van der Waals surface area contributed by atoms with Gasteiger partial charge in [0.25, 0.3) is 0 Å². The van der Waals surface area contributed by atoms with Crippen LogP contribution in [0.15, 0.2) is 0 Å².